The average Bonchev–Trinajstić information content (AvgIpc) is 3.07. The summed E-state index contributed by atoms with van der Waals surface area (Å²) in [7, 11) is 0. The van der Waals surface area contributed by atoms with Gasteiger partial charge in [-0.05, 0) is 25.8 Å². The first-order valence-electron chi connectivity index (χ1n) is 6.82. The molecule has 0 aromatic carbocycles. The van der Waals surface area contributed by atoms with Crippen LogP contribution in [0, 0.1) is 0 Å². The van der Waals surface area contributed by atoms with Gasteiger partial charge in [-0.15, -0.1) is 4.37 Å². The molecule has 3 N–H and O–H groups in total. The van der Waals surface area contributed by atoms with Gasteiger partial charge in [0.05, 0.1) is 11.7 Å². The summed E-state index contributed by atoms with van der Waals surface area (Å²) < 4.78 is 12.9. The summed E-state index contributed by atoms with van der Waals surface area (Å²) >= 11 is 1.07. The van der Waals surface area contributed by atoms with Crippen molar-refractivity contribution in [1.29, 1.82) is 0 Å². The van der Waals surface area contributed by atoms with Crippen LogP contribution in [0.5, 0.6) is 5.88 Å². The van der Waals surface area contributed by atoms with E-state index in [1.165, 1.54) is 6.20 Å². The Hall–Kier alpha value is -1.25. The molecule has 0 spiro atoms. The lowest BCUT2D eigenvalue weighted by Crippen LogP contribution is -2.32. The number of ether oxygens (including phenoxy) is 1. The number of rotatable bonds is 10. The van der Waals surface area contributed by atoms with Gasteiger partial charge in [-0.1, -0.05) is 0 Å². The van der Waals surface area contributed by atoms with Gasteiger partial charge in [0.2, 0.25) is 11.8 Å². The van der Waals surface area contributed by atoms with Crippen molar-refractivity contribution in [2.45, 2.75) is 37.8 Å². The van der Waals surface area contributed by atoms with Crippen molar-refractivity contribution in [3.8, 4) is 5.88 Å². The second kappa shape index (κ2) is 8.13. The SMILES string of the molecule is O=C(CCCNCC(O)COc1cnsn1)NC1CC1. The summed E-state index contributed by atoms with van der Waals surface area (Å²) in [5.41, 5.74) is 0. The smallest absolute Gasteiger partial charge is 0.245 e. The van der Waals surface area contributed by atoms with Crippen LogP contribution >= 0.6 is 11.7 Å². The second-order valence-electron chi connectivity index (χ2n) is 4.86. The lowest BCUT2D eigenvalue weighted by atomic mass is 10.3. The summed E-state index contributed by atoms with van der Waals surface area (Å²) in [5, 5.41) is 15.7. The number of aliphatic hydroxyl groups is 1. The van der Waals surface area contributed by atoms with E-state index in [9.17, 15) is 9.90 Å². The number of nitrogens with one attached hydrogen (secondary N) is 2. The first kappa shape index (κ1) is 15.1. The molecule has 1 atom stereocenters. The molecule has 1 heterocycles. The first-order chi connectivity index (χ1) is 9.74. The first-order valence-corrected chi connectivity index (χ1v) is 7.55. The molecule has 112 valence electrons. The maximum absolute atomic E-state index is 11.4. The Morgan fingerprint density at radius 3 is 3.15 bits per heavy atom. The zero-order valence-electron chi connectivity index (χ0n) is 11.2. The van der Waals surface area contributed by atoms with Crippen LogP contribution in [0.2, 0.25) is 0 Å². The van der Waals surface area contributed by atoms with E-state index in [1.54, 1.807) is 0 Å². The molecule has 1 saturated carbocycles. The van der Waals surface area contributed by atoms with Gasteiger partial charge < -0.3 is 20.5 Å². The monoisotopic (exact) mass is 300 g/mol. The van der Waals surface area contributed by atoms with E-state index in [0.717, 1.165) is 31.0 Å². The highest BCUT2D eigenvalue weighted by Crippen LogP contribution is 2.18. The van der Waals surface area contributed by atoms with E-state index in [0.29, 0.717) is 31.4 Å². The number of hydrogen-bond acceptors (Lipinski definition) is 7. The van der Waals surface area contributed by atoms with Crippen molar-refractivity contribution in [3.63, 3.8) is 0 Å². The molecule has 8 heteroatoms. The number of aromatic nitrogens is 2. The second-order valence-corrected chi connectivity index (χ2v) is 5.42. The number of aliphatic hydroxyl groups excluding tert-OH is 1. The Balaban J connectivity index is 1.42. The van der Waals surface area contributed by atoms with Crippen LogP contribution in [0.15, 0.2) is 6.20 Å². The number of hydrogen-bond donors (Lipinski definition) is 3. The van der Waals surface area contributed by atoms with Crippen molar-refractivity contribution >= 4 is 17.6 Å². The van der Waals surface area contributed by atoms with E-state index in [-0.39, 0.29) is 12.5 Å². The Labute approximate surface area is 122 Å². The molecule has 1 aliphatic carbocycles. The Morgan fingerprint density at radius 2 is 2.45 bits per heavy atom. The molecule has 0 radical (unpaired) electrons. The third kappa shape index (κ3) is 6.27. The van der Waals surface area contributed by atoms with Gasteiger partial charge in [0.1, 0.15) is 18.9 Å². The van der Waals surface area contributed by atoms with Crippen LogP contribution in [-0.2, 0) is 4.79 Å². The Morgan fingerprint density at radius 1 is 1.60 bits per heavy atom. The standard InChI is InChI=1S/C12H20N4O3S/c17-10(8-19-12-7-14-20-16-12)6-13-5-1-2-11(18)15-9-3-4-9/h7,9-10,13,17H,1-6,8H2,(H,15,18). The third-order valence-electron chi connectivity index (χ3n) is 2.84. The highest BCUT2D eigenvalue weighted by molar-refractivity contribution is 6.99. The summed E-state index contributed by atoms with van der Waals surface area (Å²) in [4.78, 5) is 11.4. The Kier molecular flexibility index (Phi) is 6.16. The topological polar surface area (TPSA) is 96.4 Å². The van der Waals surface area contributed by atoms with Gasteiger partial charge in [-0.25, -0.2) is 0 Å². The van der Waals surface area contributed by atoms with E-state index in [1.807, 2.05) is 0 Å². The molecular weight excluding hydrogens is 280 g/mol. The van der Waals surface area contributed by atoms with Crippen LogP contribution in [0.25, 0.3) is 0 Å². The zero-order chi connectivity index (χ0) is 14.2. The third-order valence-corrected chi connectivity index (χ3v) is 3.31. The zero-order valence-corrected chi connectivity index (χ0v) is 12.1. The van der Waals surface area contributed by atoms with Crippen LogP contribution in [0.4, 0.5) is 0 Å². The Bertz CT molecular complexity index is 397. The lowest BCUT2D eigenvalue weighted by molar-refractivity contribution is -0.121. The minimum atomic E-state index is -0.600. The number of nitrogens with zero attached hydrogens (tertiary/aromatic N) is 2. The van der Waals surface area contributed by atoms with Crippen molar-refractivity contribution in [2.24, 2.45) is 0 Å². The predicted molar refractivity (Wildman–Crippen MR) is 74.7 cm³/mol. The van der Waals surface area contributed by atoms with E-state index >= 15 is 0 Å². The van der Waals surface area contributed by atoms with Gasteiger partial charge in [0.25, 0.3) is 0 Å². The van der Waals surface area contributed by atoms with Crippen molar-refractivity contribution < 1.29 is 14.6 Å². The normalized spacial score (nSPS) is 15.8. The van der Waals surface area contributed by atoms with Crippen LogP contribution < -0.4 is 15.4 Å². The van der Waals surface area contributed by atoms with Crippen molar-refractivity contribution in [2.75, 3.05) is 19.7 Å². The molecular formula is C12H20N4O3S. The van der Waals surface area contributed by atoms with Gasteiger partial charge in [-0.3, -0.25) is 4.79 Å². The maximum atomic E-state index is 11.4. The fourth-order valence-corrected chi connectivity index (χ4v) is 2.00. The average molecular weight is 300 g/mol. The molecule has 1 aromatic rings. The van der Waals surface area contributed by atoms with Gasteiger partial charge in [0, 0.05) is 19.0 Å². The van der Waals surface area contributed by atoms with E-state index in [4.69, 9.17) is 4.74 Å². The number of carbonyl (C=O) groups excluding carboxylic acids is 1. The molecule has 2 rings (SSSR count). The molecule has 1 amide bonds. The molecule has 1 aliphatic rings. The van der Waals surface area contributed by atoms with Crippen LogP contribution in [0.1, 0.15) is 25.7 Å². The van der Waals surface area contributed by atoms with Crippen LogP contribution in [0.3, 0.4) is 0 Å². The van der Waals surface area contributed by atoms with E-state index in [2.05, 4.69) is 19.4 Å². The molecule has 0 aliphatic heterocycles. The summed E-state index contributed by atoms with van der Waals surface area (Å²) in [6.07, 6.45) is 4.44. The minimum absolute atomic E-state index is 0.120. The fraction of sp³-hybridized carbons (Fsp3) is 0.750. The molecule has 0 saturated heterocycles. The molecule has 0 bridgehead atoms. The highest BCUT2D eigenvalue weighted by Gasteiger charge is 2.22. The molecule has 7 nitrogen and oxygen atoms in total. The van der Waals surface area contributed by atoms with Gasteiger partial charge in [-0.2, -0.15) is 4.37 Å². The molecule has 20 heavy (non-hydrogen) atoms. The van der Waals surface area contributed by atoms with Gasteiger partial charge >= 0.3 is 0 Å². The molecule has 1 unspecified atom stereocenters. The lowest BCUT2D eigenvalue weighted by Gasteiger charge is -2.11. The number of amides is 1. The minimum Gasteiger partial charge on any atom is -0.473 e. The predicted octanol–water partition coefficient (Wildman–Crippen LogP) is -0.0738. The molecule has 1 aromatic heterocycles. The maximum Gasteiger partial charge on any atom is 0.245 e. The van der Waals surface area contributed by atoms with Crippen LogP contribution in [-0.4, -0.2) is 51.6 Å². The highest BCUT2D eigenvalue weighted by atomic mass is 32.1. The number of carbonyl (C=O) groups is 1. The van der Waals surface area contributed by atoms with Crippen molar-refractivity contribution in [1.82, 2.24) is 19.4 Å². The summed E-state index contributed by atoms with van der Waals surface area (Å²) in [5.74, 6) is 0.556. The summed E-state index contributed by atoms with van der Waals surface area (Å²) in [6.45, 7) is 1.32. The molecule has 1 fully saturated rings. The van der Waals surface area contributed by atoms with Crippen molar-refractivity contribution in [3.05, 3.63) is 6.20 Å². The van der Waals surface area contributed by atoms with Gasteiger partial charge in [0.15, 0.2) is 0 Å². The quantitative estimate of drug-likeness (QED) is 0.523. The fourth-order valence-electron chi connectivity index (χ4n) is 1.63. The summed E-state index contributed by atoms with van der Waals surface area (Å²) in [6, 6.07) is 0.426. The van der Waals surface area contributed by atoms with E-state index < -0.39 is 6.10 Å². The largest absolute Gasteiger partial charge is 0.473 e.